The fourth-order valence-corrected chi connectivity index (χ4v) is 5.15. The van der Waals surface area contributed by atoms with Crippen LogP contribution in [0, 0.1) is 13.8 Å². The Hall–Kier alpha value is -3.24. The number of fused-ring (bicyclic) bond motifs is 1. The number of thioether (sulfide) groups is 1. The topological polar surface area (TPSA) is 102 Å². The van der Waals surface area contributed by atoms with Gasteiger partial charge in [-0.05, 0) is 50.1 Å². The highest BCUT2D eigenvalue weighted by molar-refractivity contribution is 7.99. The number of amides is 2. The Balaban J connectivity index is 1.35. The van der Waals surface area contributed by atoms with E-state index in [2.05, 4.69) is 25.8 Å². The Morgan fingerprint density at radius 3 is 2.64 bits per heavy atom. The van der Waals surface area contributed by atoms with Crippen LogP contribution in [-0.2, 0) is 22.6 Å². The molecule has 2 N–H and O–H groups in total. The van der Waals surface area contributed by atoms with Crippen LogP contribution in [0.15, 0.2) is 47.6 Å². The molecule has 8 nitrogen and oxygen atoms in total. The molecule has 0 radical (unpaired) electrons. The molecule has 0 saturated carbocycles. The molecule has 0 aliphatic rings. The van der Waals surface area contributed by atoms with Gasteiger partial charge in [-0.15, -0.1) is 10.2 Å². The first kappa shape index (κ1) is 22.9. The second-order valence-electron chi connectivity index (χ2n) is 7.52. The molecule has 0 aliphatic carbocycles. The zero-order chi connectivity index (χ0) is 23.4. The summed E-state index contributed by atoms with van der Waals surface area (Å²) >= 11 is 2.74. The van der Waals surface area contributed by atoms with Gasteiger partial charge in [-0.3, -0.25) is 9.59 Å². The van der Waals surface area contributed by atoms with Crippen LogP contribution in [0.1, 0.15) is 23.9 Å². The van der Waals surface area contributed by atoms with Crippen molar-refractivity contribution in [3.05, 3.63) is 59.4 Å². The lowest BCUT2D eigenvalue weighted by atomic mass is 10.2. The summed E-state index contributed by atoms with van der Waals surface area (Å²) in [6, 6.07) is 13.6. The molecule has 0 fully saturated rings. The predicted molar refractivity (Wildman–Crippen MR) is 133 cm³/mol. The lowest BCUT2D eigenvalue weighted by molar-refractivity contribution is -0.116. The maximum absolute atomic E-state index is 12.5. The molecule has 170 valence electrons. The molecular weight excluding hydrogens is 456 g/mol. The summed E-state index contributed by atoms with van der Waals surface area (Å²) in [6.07, 6.45) is 0.104. The molecule has 0 aliphatic heterocycles. The van der Waals surface area contributed by atoms with Gasteiger partial charge in [0.2, 0.25) is 11.8 Å². The van der Waals surface area contributed by atoms with Crippen LogP contribution in [0.25, 0.3) is 10.2 Å². The number of anilines is 2. The summed E-state index contributed by atoms with van der Waals surface area (Å²) in [5, 5.41) is 15.3. The highest BCUT2D eigenvalue weighted by atomic mass is 32.2. The van der Waals surface area contributed by atoms with Crippen molar-refractivity contribution < 1.29 is 9.59 Å². The van der Waals surface area contributed by atoms with Crippen molar-refractivity contribution in [2.24, 2.45) is 0 Å². The third kappa shape index (κ3) is 5.58. The summed E-state index contributed by atoms with van der Waals surface area (Å²) in [5.41, 5.74) is 3.81. The molecule has 0 saturated heterocycles. The minimum atomic E-state index is -0.166. The zero-order valence-corrected chi connectivity index (χ0v) is 20.2. The van der Waals surface area contributed by atoms with E-state index in [1.165, 1.54) is 23.1 Å². The van der Waals surface area contributed by atoms with E-state index in [1.807, 2.05) is 67.8 Å². The molecule has 2 amide bonds. The molecule has 0 bridgehead atoms. The average molecular weight is 481 g/mol. The number of hydrogen-bond acceptors (Lipinski definition) is 7. The second kappa shape index (κ2) is 10.1. The van der Waals surface area contributed by atoms with Gasteiger partial charge in [-0.1, -0.05) is 47.4 Å². The van der Waals surface area contributed by atoms with Crippen LogP contribution in [0.4, 0.5) is 10.8 Å². The Bertz CT molecular complexity index is 1310. The molecule has 4 rings (SSSR count). The Kier molecular flexibility index (Phi) is 7.05. The van der Waals surface area contributed by atoms with Gasteiger partial charge < -0.3 is 15.2 Å². The largest absolute Gasteiger partial charge is 0.326 e. The van der Waals surface area contributed by atoms with E-state index in [1.54, 1.807) is 0 Å². The number of benzene rings is 2. The van der Waals surface area contributed by atoms with Crippen LogP contribution in [-0.4, -0.2) is 37.3 Å². The molecule has 0 atom stereocenters. The van der Waals surface area contributed by atoms with E-state index in [0.717, 1.165) is 27.0 Å². The normalized spacial score (nSPS) is 11.0. The number of aromatic nitrogens is 4. The summed E-state index contributed by atoms with van der Waals surface area (Å²) in [6.45, 7) is 6.53. The monoisotopic (exact) mass is 480 g/mol. The fraction of sp³-hybridized carbons (Fsp3) is 0.261. The molecular formula is C23H24N6O2S2. The van der Waals surface area contributed by atoms with Crippen molar-refractivity contribution in [1.29, 1.82) is 0 Å². The highest BCUT2D eigenvalue weighted by Gasteiger charge is 2.17. The van der Waals surface area contributed by atoms with Crippen molar-refractivity contribution in [1.82, 2.24) is 19.7 Å². The van der Waals surface area contributed by atoms with E-state index >= 15 is 0 Å². The average Bonchev–Trinajstić information content (AvgIpc) is 3.36. The fourth-order valence-electron chi connectivity index (χ4n) is 3.37. The molecule has 33 heavy (non-hydrogen) atoms. The maximum atomic E-state index is 12.5. The van der Waals surface area contributed by atoms with Crippen LogP contribution in [0.5, 0.6) is 0 Å². The zero-order valence-electron chi connectivity index (χ0n) is 18.6. The van der Waals surface area contributed by atoms with E-state index in [0.29, 0.717) is 22.7 Å². The minimum Gasteiger partial charge on any atom is -0.326 e. The summed E-state index contributed by atoms with van der Waals surface area (Å²) in [5.74, 6) is 0.402. The van der Waals surface area contributed by atoms with Gasteiger partial charge in [0.15, 0.2) is 10.3 Å². The highest BCUT2D eigenvalue weighted by Crippen LogP contribution is 2.28. The number of carbonyl (C=O) groups is 2. The number of para-hydroxylation sites is 1. The van der Waals surface area contributed by atoms with Gasteiger partial charge in [-0.2, -0.15) is 0 Å². The molecule has 2 heterocycles. The van der Waals surface area contributed by atoms with Crippen molar-refractivity contribution in [2.75, 3.05) is 16.4 Å². The lowest BCUT2D eigenvalue weighted by Crippen LogP contribution is -2.18. The predicted octanol–water partition coefficient (Wildman–Crippen LogP) is 4.44. The van der Waals surface area contributed by atoms with Crippen LogP contribution >= 0.6 is 23.1 Å². The van der Waals surface area contributed by atoms with Gasteiger partial charge in [0, 0.05) is 12.2 Å². The van der Waals surface area contributed by atoms with E-state index in [9.17, 15) is 9.59 Å². The van der Waals surface area contributed by atoms with Crippen LogP contribution in [0.3, 0.4) is 0 Å². The number of hydrogen-bond donors (Lipinski definition) is 2. The standard InChI is InChI=1S/C23H24N6O2S2/c1-4-29-18(12-19(30)24-16-9-5-7-14(2)11-16)27-28-23(29)32-13-20(31)25-22-26-21-15(3)8-6-10-17(21)33-22/h5-11H,4,12-13H2,1-3H3,(H,24,30)(H,25,26,31). The van der Waals surface area contributed by atoms with Gasteiger partial charge in [0.05, 0.1) is 22.4 Å². The molecule has 0 unspecified atom stereocenters. The van der Waals surface area contributed by atoms with Crippen molar-refractivity contribution in [2.45, 2.75) is 38.9 Å². The Morgan fingerprint density at radius 1 is 1.06 bits per heavy atom. The second-order valence-corrected chi connectivity index (χ2v) is 9.49. The van der Waals surface area contributed by atoms with E-state index in [-0.39, 0.29) is 24.0 Å². The van der Waals surface area contributed by atoms with Gasteiger partial charge >= 0.3 is 0 Å². The minimum absolute atomic E-state index is 0.104. The SMILES string of the molecule is CCn1c(CC(=O)Nc2cccc(C)c2)nnc1SCC(=O)Nc1nc2c(C)cccc2s1. The molecule has 4 aromatic rings. The van der Waals surface area contributed by atoms with Crippen LogP contribution < -0.4 is 10.6 Å². The number of nitrogens with zero attached hydrogens (tertiary/aromatic N) is 4. The Morgan fingerprint density at radius 2 is 1.88 bits per heavy atom. The Labute approximate surface area is 199 Å². The number of rotatable bonds is 8. The van der Waals surface area contributed by atoms with Crippen LogP contribution in [0.2, 0.25) is 0 Å². The van der Waals surface area contributed by atoms with Crippen molar-refractivity contribution in [3.63, 3.8) is 0 Å². The van der Waals surface area contributed by atoms with Gasteiger partial charge in [0.1, 0.15) is 5.82 Å². The molecule has 2 aromatic carbocycles. The van der Waals surface area contributed by atoms with E-state index < -0.39 is 0 Å². The first-order valence-corrected chi connectivity index (χ1v) is 12.3. The summed E-state index contributed by atoms with van der Waals surface area (Å²) in [4.78, 5) is 29.5. The third-order valence-corrected chi connectivity index (χ3v) is 6.83. The van der Waals surface area contributed by atoms with Crippen molar-refractivity contribution in [3.8, 4) is 0 Å². The molecule has 10 heteroatoms. The smallest absolute Gasteiger partial charge is 0.236 e. The number of aryl methyl sites for hydroxylation is 2. The molecule has 2 aromatic heterocycles. The van der Waals surface area contributed by atoms with E-state index in [4.69, 9.17) is 0 Å². The number of nitrogens with one attached hydrogen (secondary N) is 2. The first-order chi connectivity index (χ1) is 15.9. The molecule has 0 spiro atoms. The third-order valence-electron chi connectivity index (χ3n) is 4.93. The maximum Gasteiger partial charge on any atom is 0.236 e. The number of thiazole rings is 1. The first-order valence-electron chi connectivity index (χ1n) is 10.5. The number of carbonyl (C=O) groups excluding carboxylic acids is 2. The van der Waals surface area contributed by atoms with Crippen molar-refractivity contribution >= 4 is 55.9 Å². The van der Waals surface area contributed by atoms with Gasteiger partial charge in [-0.25, -0.2) is 4.98 Å². The quantitative estimate of drug-likeness (QED) is 0.362. The lowest BCUT2D eigenvalue weighted by Gasteiger charge is -2.08. The van der Waals surface area contributed by atoms with Gasteiger partial charge in [0.25, 0.3) is 0 Å². The summed E-state index contributed by atoms with van der Waals surface area (Å²) < 4.78 is 2.90. The summed E-state index contributed by atoms with van der Waals surface area (Å²) in [7, 11) is 0.